The summed E-state index contributed by atoms with van der Waals surface area (Å²) in [6.07, 6.45) is 0.116. The number of hydrogen-bond donors (Lipinski definition) is 3. The van der Waals surface area contributed by atoms with Gasteiger partial charge in [0.1, 0.15) is 6.10 Å². The van der Waals surface area contributed by atoms with Crippen molar-refractivity contribution in [1.29, 1.82) is 0 Å². The van der Waals surface area contributed by atoms with Crippen LogP contribution >= 0.6 is 22.6 Å². The lowest BCUT2D eigenvalue weighted by Gasteiger charge is -2.11. The van der Waals surface area contributed by atoms with Crippen LogP contribution in [-0.4, -0.2) is 44.7 Å². The van der Waals surface area contributed by atoms with Gasteiger partial charge in [-0.25, -0.2) is 4.68 Å². The molecule has 3 atom stereocenters. The van der Waals surface area contributed by atoms with Crippen molar-refractivity contribution in [3.05, 3.63) is 15.5 Å². The maximum atomic E-state index is 11.0. The summed E-state index contributed by atoms with van der Waals surface area (Å²) in [4.78, 5) is 11.0. The fourth-order valence-electron chi connectivity index (χ4n) is 1.73. The fraction of sp³-hybridized carbons (Fsp3) is 0.556. The van der Waals surface area contributed by atoms with E-state index in [2.05, 4.69) is 5.10 Å². The van der Waals surface area contributed by atoms with Crippen molar-refractivity contribution in [3.63, 3.8) is 0 Å². The van der Waals surface area contributed by atoms with Gasteiger partial charge in [0.25, 0.3) is 5.91 Å². The van der Waals surface area contributed by atoms with Crippen LogP contribution in [0.4, 0.5) is 0 Å². The van der Waals surface area contributed by atoms with Crippen LogP contribution in [0.25, 0.3) is 0 Å². The molecular formula is C9H12IN3O4. The lowest BCUT2D eigenvalue weighted by Crippen LogP contribution is -2.24. The first kappa shape index (κ1) is 12.7. The van der Waals surface area contributed by atoms with E-state index in [9.17, 15) is 9.90 Å². The summed E-state index contributed by atoms with van der Waals surface area (Å²) in [5.74, 6) is -0.606. The van der Waals surface area contributed by atoms with Crippen LogP contribution in [0, 0.1) is 3.57 Å². The minimum Gasteiger partial charge on any atom is -0.394 e. The number of rotatable bonds is 3. The first-order valence-electron chi connectivity index (χ1n) is 5.01. The Bertz CT molecular complexity index is 436. The van der Waals surface area contributed by atoms with Crippen LogP contribution in [0.5, 0.6) is 0 Å². The minimum atomic E-state index is -0.733. The number of nitrogens with two attached hydrogens (primary N) is 1. The van der Waals surface area contributed by atoms with E-state index in [1.54, 1.807) is 6.20 Å². The second kappa shape index (κ2) is 4.88. The predicted molar refractivity (Wildman–Crippen MR) is 65.1 cm³/mol. The van der Waals surface area contributed by atoms with Gasteiger partial charge in [0.2, 0.25) is 0 Å². The number of ether oxygens (including phenoxy) is 1. The molecule has 0 aliphatic carbocycles. The fourth-order valence-corrected chi connectivity index (χ4v) is 2.38. The molecule has 1 amide bonds. The topological polar surface area (TPSA) is 111 Å². The quantitative estimate of drug-likeness (QED) is 0.618. The molecule has 1 aromatic heterocycles. The first-order chi connectivity index (χ1) is 8.02. The number of aliphatic hydroxyl groups is 2. The SMILES string of the molecule is NC(=O)c1nn([C@H]2C[C@H](O)[C@H](CO)O2)cc1I. The molecule has 7 nitrogen and oxygen atoms in total. The summed E-state index contributed by atoms with van der Waals surface area (Å²) in [5.41, 5.74) is 5.33. The molecule has 0 unspecified atom stereocenters. The molecule has 94 valence electrons. The molecular weight excluding hydrogens is 341 g/mol. The Morgan fingerprint density at radius 2 is 2.47 bits per heavy atom. The number of aromatic nitrogens is 2. The van der Waals surface area contributed by atoms with Crippen LogP contribution < -0.4 is 5.73 Å². The third-order valence-electron chi connectivity index (χ3n) is 2.60. The molecule has 1 aromatic rings. The van der Waals surface area contributed by atoms with Gasteiger partial charge < -0.3 is 20.7 Å². The molecule has 0 aromatic carbocycles. The second-order valence-corrected chi connectivity index (χ2v) is 4.95. The number of carbonyl (C=O) groups excluding carboxylic acids is 1. The van der Waals surface area contributed by atoms with Gasteiger partial charge in [-0.3, -0.25) is 4.79 Å². The van der Waals surface area contributed by atoms with Gasteiger partial charge >= 0.3 is 0 Å². The smallest absolute Gasteiger partial charge is 0.270 e. The van der Waals surface area contributed by atoms with Gasteiger partial charge in [0.15, 0.2) is 11.9 Å². The zero-order valence-corrected chi connectivity index (χ0v) is 10.9. The zero-order valence-electron chi connectivity index (χ0n) is 8.78. The number of primary amides is 1. The molecule has 4 N–H and O–H groups in total. The number of carbonyl (C=O) groups is 1. The minimum absolute atomic E-state index is 0.177. The van der Waals surface area contributed by atoms with E-state index in [0.29, 0.717) is 9.99 Å². The van der Waals surface area contributed by atoms with Crippen LogP contribution in [0.2, 0.25) is 0 Å². The van der Waals surface area contributed by atoms with E-state index in [4.69, 9.17) is 15.6 Å². The summed E-state index contributed by atoms with van der Waals surface area (Å²) in [6, 6.07) is 0. The summed E-state index contributed by atoms with van der Waals surface area (Å²) in [5, 5.41) is 22.6. The van der Waals surface area contributed by atoms with Crippen LogP contribution in [0.15, 0.2) is 6.20 Å². The number of aliphatic hydroxyl groups excluding tert-OH is 2. The summed E-state index contributed by atoms with van der Waals surface area (Å²) in [6.45, 7) is -0.251. The predicted octanol–water partition coefficient (Wildman–Crippen LogP) is -0.773. The summed E-state index contributed by atoms with van der Waals surface area (Å²) < 4.78 is 7.47. The Balaban J connectivity index is 2.19. The Morgan fingerprint density at radius 1 is 1.76 bits per heavy atom. The standard InChI is InChI=1S/C9H12IN3O4/c10-4-2-13(12-8(4)9(11)16)7-1-5(15)6(3-14)17-7/h2,5-7,14-15H,1,3H2,(H2,11,16)/t5-,6-,7+/m0/s1. The van der Waals surface area contributed by atoms with Crippen molar-refractivity contribution in [1.82, 2.24) is 9.78 Å². The number of halogens is 1. The highest BCUT2D eigenvalue weighted by Crippen LogP contribution is 2.28. The van der Waals surface area contributed by atoms with E-state index < -0.39 is 24.3 Å². The van der Waals surface area contributed by atoms with Crippen molar-refractivity contribution >= 4 is 28.5 Å². The number of amides is 1. The molecule has 1 aliphatic rings. The van der Waals surface area contributed by atoms with Crippen LogP contribution in [0.1, 0.15) is 23.1 Å². The molecule has 0 radical (unpaired) electrons. The van der Waals surface area contributed by atoms with Gasteiger partial charge in [0, 0.05) is 12.6 Å². The van der Waals surface area contributed by atoms with Gasteiger partial charge in [-0.2, -0.15) is 5.10 Å². The molecule has 0 bridgehead atoms. The highest BCUT2D eigenvalue weighted by Gasteiger charge is 2.35. The lowest BCUT2D eigenvalue weighted by atomic mass is 10.2. The molecule has 1 aliphatic heterocycles. The first-order valence-corrected chi connectivity index (χ1v) is 6.09. The van der Waals surface area contributed by atoms with E-state index in [-0.39, 0.29) is 12.3 Å². The molecule has 8 heteroatoms. The number of hydrogen-bond acceptors (Lipinski definition) is 5. The van der Waals surface area contributed by atoms with Crippen molar-refractivity contribution < 1.29 is 19.7 Å². The van der Waals surface area contributed by atoms with Gasteiger partial charge in [-0.1, -0.05) is 0 Å². The zero-order chi connectivity index (χ0) is 12.6. The van der Waals surface area contributed by atoms with E-state index in [1.807, 2.05) is 22.6 Å². The van der Waals surface area contributed by atoms with E-state index >= 15 is 0 Å². The molecule has 17 heavy (non-hydrogen) atoms. The number of nitrogens with zero attached hydrogens (tertiary/aromatic N) is 2. The summed E-state index contributed by atoms with van der Waals surface area (Å²) >= 11 is 1.95. The molecule has 0 saturated carbocycles. The monoisotopic (exact) mass is 353 g/mol. The molecule has 1 fully saturated rings. The maximum Gasteiger partial charge on any atom is 0.270 e. The van der Waals surface area contributed by atoms with Gasteiger partial charge in [0.05, 0.1) is 16.3 Å². The highest BCUT2D eigenvalue weighted by molar-refractivity contribution is 14.1. The van der Waals surface area contributed by atoms with E-state index in [0.717, 1.165) is 0 Å². The largest absolute Gasteiger partial charge is 0.394 e. The molecule has 1 saturated heterocycles. The lowest BCUT2D eigenvalue weighted by molar-refractivity contribution is -0.0484. The van der Waals surface area contributed by atoms with Crippen LogP contribution in [-0.2, 0) is 4.74 Å². The third-order valence-corrected chi connectivity index (χ3v) is 3.39. The average molecular weight is 353 g/mol. The maximum absolute atomic E-state index is 11.0. The highest BCUT2D eigenvalue weighted by atomic mass is 127. The normalized spacial score (nSPS) is 28.5. The Hall–Kier alpha value is -0.710. The van der Waals surface area contributed by atoms with E-state index in [1.165, 1.54) is 4.68 Å². The molecule has 2 rings (SSSR count). The Kier molecular flexibility index (Phi) is 3.66. The van der Waals surface area contributed by atoms with Crippen molar-refractivity contribution in [3.8, 4) is 0 Å². The Morgan fingerprint density at radius 3 is 2.94 bits per heavy atom. The Labute approximate surface area is 111 Å². The molecule has 2 heterocycles. The van der Waals surface area contributed by atoms with Crippen molar-refractivity contribution in [2.45, 2.75) is 24.9 Å². The average Bonchev–Trinajstić information content (AvgIpc) is 2.81. The third kappa shape index (κ3) is 2.44. The van der Waals surface area contributed by atoms with Crippen molar-refractivity contribution in [2.24, 2.45) is 5.73 Å². The van der Waals surface area contributed by atoms with Crippen molar-refractivity contribution in [2.75, 3.05) is 6.61 Å². The molecule has 0 spiro atoms. The van der Waals surface area contributed by atoms with Crippen LogP contribution in [0.3, 0.4) is 0 Å². The second-order valence-electron chi connectivity index (χ2n) is 3.78. The van der Waals surface area contributed by atoms with Gasteiger partial charge in [-0.05, 0) is 22.6 Å². The van der Waals surface area contributed by atoms with Gasteiger partial charge in [-0.15, -0.1) is 0 Å². The summed E-state index contributed by atoms with van der Waals surface area (Å²) in [7, 11) is 0.